The lowest BCUT2D eigenvalue weighted by Gasteiger charge is -2.30. The Morgan fingerprint density at radius 1 is 1.50 bits per heavy atom. The van der Waals surface area contributed by atoms with Gasteiger partial charge in [-0.2, -0.15) is 0 Å². The zero-order valence-electron chi connectivity index (χ0n) is 8.05. The van der Waals surface area contributed by atoms with Crippen LogP contribution in [-0.4, -0.2) is 18.5 Å². The first-order valence-corrected chi connectivity index (χ1v) is 5.78. The molecule has 0 aromatic rings. The fraction of sp³-hybridized carbons (Fsp3) is 1.00. The van der Waals surface area contributed by atoms with Crippen molar-refractivity contribution in [1.82, 2.24) is 0 Å². The molecule has 0 amide bonds. The van der Waals surface area contributed by atoms with Crippen molar-refractivity contribution in [2.75, 3.05) is 13.7 Å². The van der Waals surface area contributed by atoms with Gasteiger partial charge in [-0.25, -0.2) is 0 Å². The van der Waals surface area contributed by atoms with Crippen molar-refractivity contribution in [3.05, 3.63) is 0 Å². The van der Waals surface area contributed by atoms with Crippen LogP contribution in [-0.2, 0) is 4.74 Å². The van der Waals surface area contributed by atoms with Gasteiger partial charge in [-0.3, -0.25) is 0 Å². The van der Waals surface area contributed by atoms with Crippen molar-refractivity contribution in [1.29, 1.82) is 0 Å². The Hall–Kier alpha value is 0.440. The summed E-state index contributed by atoms with van der Waals surface area (Å²) in [6, 6.07) is 0. The Balaban J connectivity index is 2.29. The molecule has 3 unspecified atom stereocenters. The van der Waals surface area contributed by atoms with Crippen LogP contribution in [0.25, 0.3) is 0 Å². The quantitative estimate of drug-likeness (QED) is 0.682. The molecule has 1 nitrogen and oxygen atoms in total. The monoisotopic (exact) mass is 234 g/mol. The number of alkyl halides is 1. The van der Waals surface area contributed by atoms with Gasteiger partial charge in [-0.15, -0.1) is 0 Å². The van der Waals surface area contributed by atoms with Gasteiger partial charge in [-0.1, -0.05) is 35.7 Å². The van der Waals surface area contributed by atoms with E-state index in [9.17, 15) is 0 Å². The highest BCUT2D eigenvalue weighted by molar-refractivity contribution is 9.09. The largest absolute Gasteiger partial charge is 0.384 e. The fourth-order valence-corrected chi connectivity index (χ4v) is 2.89. The van der Waals surface area contributed by atoms with E-state index in [4.69, 9.17) is 4.74 Å². The number of rotatable bonds is 3. The van der Waals surface area contributed by atoms with Gasteiger partial charge in [-0.05, 0) is 24.7 Å². The highest BCUT2D eigenvalue weighted by Gasteiger charge is 2.24. The van der Waals surface area contributed by atoms with E-state index in [1.165, 1.54) is 25.7 Å². The molecule has 0 saturated heterocycles. The van der Waals surface area contributed by atoms with Crippen LogP contribution in [0.4, 0.5) is 0 Å². The number of methoxy groups -OCH3 is 1. The number of halogens is 1. The van der Waals surface area contributed by atoms with E-state index in [2.05, 4.69) is 22.9 Å². The Morgan fingerprint density at radius 3 is 2.83 bits per heavy atom. The molecular weight excluding hydrogens is 216 g/mol. The third-order valence-corrected chi connectivity index (χ3v) is 3.72. The van der Waals surface area contributed by atoms with E-state index in [0.717, 1.165) is 23.3 Å². The van der Waals surface area contributed by atoms with Gasteiger partial charge >= 0.3 is 0 Å². The molecule has 0 radical (unpaired) electrons. The molecule has 0 N–H and O–H groups in total. The smallest absolute Gasteiger partial charge is 0.0490 e. The molecule has 1 fully saturated rings. The maximum absolute atomic E-state index is 5.18. The maximum Gasteiger partial charge on any atom is 0.0490 e. The van der Waals surface area contributed by atoms with E-state index in [1.54, 1.807) is 7.11 Å². The van der Waals surface area contributed by atoms with Crippen LogP contribution in [0.5, 0.6) is 0 Å². The molecule has 0 aromatic heterocycles. The van der Waals surface area contributed by atoms with Crippen LogP contribution in [0.2, 0.25) is 0 Å². The highest BCUT2D eigenvalue weighted by Crippen LogP contribution is 2.33. The van der Waals surface area contributed by atoms with Crippen molar-refractivity contribution in [2.24, 2.45) is 11.8 Å². The summed E-state index contributed by atoms with van der Waals surface area (Å²) >= 11 is 3.71. The van der Waals surface area contributed by atoms with Crippen LogP contribution >= 0.6 is 15.9 Å². The minimum absolute atomic E-state index is 0.732. The van der Waals surface area contributed by atoms with Crippen LogP contribution in [0.15, 0.2) is 0 Å². The first-order valence-electron chi connectivity index (χ1n) is 4.87. The van der Waals surface area contributed by atoms with Gasteiger partial charge in [0.1, 0.15) is 0 Å². The molecule has 3 atom stereocenters. The first kappa shape index (κ1) is 10.5. The molecule has 0 bridgehead atoms. The number of hydrogen-bond acceptors (Lipinski definition) is 1. The van der Waals surface area contributed by atoms with Crippen molar-refractivity contribution in [3.63, 3.8) is 0 Å². The van der Waals surface area contributed by atoms with Crippen molar-refractivity contribution in [2.45, 2.75) is 37.4 Å². The van der Waals surface area contributed by atoms with Gasteiger partial charge < -0.3 is 4.74 Å². The molecule has 0 aromatic carbocycles. The predicted molar refractivity (Wildman–Crippen MR) is 55.7 cm³/mol. The fourth-order valence-electron chi connectivity index (χ4n) is 2.08. The highest BCUT2D eigenvalue weighted by atomic mass is 79.9. The third kappa shape index (κ3) is 3.06. The van der Waals surface area contributed by atoms with Crippen molar-refractivity contribution in [3.8, 4) is 0 Å². The lowest BCUT2D eigenvalue weighted by atomic mass is 9.81. The SMILES string of the molecule is COCC(C)C1CCCC(Br)C1. The summed E-state index contributed by atoms with van der Waals surface area (Å²) in [4.78, 5) is 0.760. The van der Waals surface area contributed by atoms with Crippen LogP contribution in [0.3, 0.4) is 0 Å². The molecule has 72 valence electrons. The van der Waals surface area contributed by atoms with Gasteiger partial charge in [0, 0.05) is 18.5 Å². The predicted octanol–water partition coefficient (Wildman–Crippen LogP) is 3.22. The Labute approximate surface area is 84.0 Å². The summed E-state index contributed by atoms with van der Waals surface area (Å²) in [6.07, 6.45) is 5.47. The van der Waals surface area contributed by atoms with Crippen molar-refractivity contribution >= 4 is 15.9 Å². The molecule has 1 aliphatic carbocycles. The zero-order chi connectivity index (χ0) is 8.97. The van der Waals surface area contributed by atoms with Crippen molar-refractivity contribution < 1.29 is 4.74 Å². The molecule has 0 spiro atoms. The molecule has 0 heterocycles. The normalized spacial score (nSPS) is 33.2. The van der Waals surface area contributed by atoms with E-state index < -0.39 is 0 Å². The average Bonchev–Trinajstić information content (AvgIpc) is 2.05. The molecule has 1 rings (SSSR count). The number of hydrogen-bond donors (Lipinski definition) is 0. The number of ether oxygens (including phenoxy) is 1. The van der Waals surface area contributed by atoms with Crippen LogP contribution < -0.4 is 0 Å². The molecule has 12 heavy (non-hydrogen) atoms. The third-order valence-electron chi connectivity index (χ3n) is 2.89. The molecular formula is C10H19BrO. The van der Waals surface area contributed by atoms with Gasteiger partial charge in [0.15, 0.2) is 0 Å². The summed E-state index contributed by atoms with van der Waals surface area (Å²) in [5.41, 5.74) is 0. The molecule has 1 saturated carbocycles. The Kier molecular flexibility index (Phi) is 4.59. The van der Waals surface area contributed by atoms with Crippen LogP contribution in [0.1, 0.15) is 32.6 Å². The summed E-state index contributed by atoms with van der Waals surface area (Å²) in [5, 5.41) is 0. The topological polar surface area (TPSA) is 9.23 Å². The first-order chi connectivity index (χ1) is 5.74. The van der Waals surface area contributed by atoms with E-state index in [1.807, 2.05) is 0 Å². The lowest BCUT2D eigenvalue weighted by molar-refractivity contribution is 0.116. The molecule has 2 heteroatoms. The average molecular weight is 235 g/mol. The second-order valence-electron chi connectivity index (χ2n) is 3.96. The van der Waals surface area contributed by atoms with Crippen LogP contribution in [0, 0.1) is 11.8 Å². The maximum atomic E-state index is 5.18. The molecule has 0 aliphatic heterocycles. The second kappa shape index (κ2) is 5.23. The van der Waals surface area contributed by atoms with Gasteiger partial charge in [0.2, 0.25) is 0 Å². The second-order valence-corrected chi connectivity index (χ2v) is 5.25. The summed E-state index contributed by atoms with van der Waals surface area (Å²) in [6.45, 7) is 3.23. The zero-order valence-corrected chi connectivity index (χ0v) is 9.64. The lowest BCUT2D eigenvalue weighted by Crippen LogP contribution is -2.23. The van der Waals surface area contributed by atoms with E-state index in [0.29, 0.717) is 0 Å². The standard InChI is InChI=1S/C10H19BrO/c1-8(7-12-2)9-4-3-5-10(11)6-9/h8-10H,3-7H2,1-2H3. The van der Waals surface area contributed by atoms with Gasteiger partial charge in [0.25, 0.3) is 0 Å². The summed E-state index contributed by atoms with van der Waals surface area (Å²) < 4.78 is 5.18. The van der Waals surface area contributed by atoms with Gasteiger partial charge in [0.05, 0.1) is 0 Å². The summed E-state index contributed by atoms with van der Waals surface area (Å²) in [5.74, 6) is 1.61. The Morgan fingerprint density at radius 2 is 2.25 bits per heavy atom. The molecule has 1 aliphatic rings. The Bertz CT molecular complexity index is 127. The van der Waals surface area contributed by atoms with E-state index in [-0.39, 0.29) is 0 Å². The minimum atomic E-state index is 0.732. The van der Waals surface area contributed by atoms with E-state index >= 15 is 0 Å². The summed E-state index contributed by atoms with van der Waals surface area (Å²) in [7, 11) is 1.80. The minimum Gasteiger partial charge on any atom is -0.384 e.